The molecule has 2 rings (SSSR count). The lowest BCUT2D eigenvalue weighted by Crippen LogP contribution is -2.53. The second kappa shape index (κ2) is 7.70. The minimum Gasteiger partial charge on any atom is -0.334 e. The first-order valence-corrected chi connectivity index (χ1v) is 9.89. The molecule has 2 atom stereocenters. The van der Waals surface area contributed by atoms with Crippen molar-refractivity contribution in [3.8, 4) is 0 Å². The maximum atomic E-state index is 12.1. The monoisotopic (exact) mass is 379 g/mol. The smallest absolute Gasteiger partial charge is 0.319 e. The Balaban J connectivity index is 1.98. The third kappa shape index (κ3) is 5.84. The molecule has 1 aromatic rings. The fraction of sp³-hybridized carbons (Fsp3) is 0.500. The minimum absolute atomic E-state index is 0.249. The highest BCUT2D eigenvalue weighted by Gasteiger charge is 2.28. The lowest BCUT2D eigenvalue weighted by molar-refractivity contribution is 0.238. The van der Waals surface area contributed by atoms with E-state index >= 15 is 0 Å². The lowest BCUT2D eigenvalue weighted by atomic mass is 9.91. The van der Waals surface area contributed by atoms with Crippen molar-refractivity contribution < 1.29 is 13.2 Å². The van der Waals surface area contributed by atoms with Crippen molar-refractivity contribution in [2.45, 2.75) is 37.8 Å². The van der Waals surface area contributed by atoms with E-state index in [1.807, 2.05) is 0 Å². The van der Waals surface area contributed by atoms with Crippen LogP contribution in [0.25, 0.3) is 0 Å². The summed E-state index contributed by atoms with van der Waals surface area (Å²) in [6, 6.07) is 3.83. The van der Waals surface area contributed by atoms with Crippen LogP contribution in [0, 0.1) is 0 Å². The molecule has 1 saturated carbocycles. The van der Waals surface area contributed by atoms with Gasteiger partial charge in [-0.25, -0.2) is 17.9 Å². The van der Waals surface area contributed by atoms with Gasteiger partial charge in [-0.1, -0.05) is 36.0 Å². The molecule has 23 heavy (non-hydrogen) atoms. The summed E-state index contributed by atoms with van der Waals surface area (Å²) in [7, 11) is -3.32. The van der Waals surface area contributed by atoms with Crippen LogP contribution in [0.1, 0.15) is 25.7 Å². The SMILES string of the molecule is CS(=O)(=O)NC1CCCCC1NC(=O)Nc1ccc(Cl)c(Cl)c1. The zero-order valence-corrected chi connectivity index (χ0v) is 14.9. The van der Waals surface area contributed by atoms with Crippen LogP contribution in [-0.2, 0) is 10.0 Å². The van der Waals surface area contributed by atoms with Crippen LogP contribution in [0.5, 0.6) is 0 Å². The van der Waals surface area contributed by atoms with Gasteiger partial charge in [0.1, 0.15) is 0 Å². The van der Waals surface area contributed by atoms with Gasteiger partial charge < -0.3 is 10.6 Å². The Bertz CT molecular complexity index is 682. The van der Waals surface area contributed by atoms with E-state index in [1.165, 1.54) is 0 Å². The van der Waals surface area contributed by atoms with E-state index in [-0.39, 0.29) is 12.1 Å². The molecular formula is C14H19Cl2N3O3S. The van der Waals surface area contributed by atoms with E-state index < -0.39 is 16.1 Å². The first-order valence-electron chi connectivity index (χ1n) is 7.24. The number of sulfonamides is 1. The highest BCUT2D eigenvalue weighted by atomic mass is 35.5. The van der Waals surface area contributed by atoms with Crippen molar-refractivity contribution in [3.05, 3.63) is 28.2 Å². The van der Waals surface area contributed by atoms with Gasteiger partial charge in [0.05, 0.1) is 16.3 Å². The second-order valence-corrected chi connectivity index (χ2v) is 8.21. The van der Waals surface area contributed by atoms with Crippen LogP contribution >= 0.6 is 23.2 Å². The Morgan fingerprint density at radius 1 is 1.13 bits per heavy atom. The molecule has 0 radical (unpaired) electrons. The molecule has 0 saturated heterocycles. The standard InChI is InChI=1S/C14H19Cl2N3O3S/c1-23(21,22)19-13-5-3-2-4-12(13)18-14(20)17-9-6-7-10(15)11(16)8-9/h6-8,12-13,19H,2-5H2,1H3,(H2,17,18,20). The third-order valence-corrected chi connectivity index (χ3v) is 5.10. The van der Waals surface area contributed by atoms with Gasteiger partial charge in [-0.05, 0) is 31.0 Å². The molecule has 128 valence electrons. The molecule has 9 heteroatoms. The van der Waals surface area contributed by atoms with Crippen LogP contribution in [0.15, 0.2) is 18.2 Å². The molecule has 0 bridgehead atoms. The number of carbonyl (C=O) groups excluding carboxylic acids is 1. The largest absolute Gasteiger partial charge is 0.334 e. The molecule has 0 spiro atoms. The van der Waals surface area contributed by atoms with Crippen LogP contribution < -0.4 is 15.4 Å². The van der Waals surface area contributed by atoms with Crippen LogP contribution in [0.4, 0.5) is 10.5 Å². The Morgan fingerprint density at radius 3 is 2.39 bits per heavy atom. The van der Waals surface area contributed by atoms with Gasteiger partial charge in [0.15, 0.2) is 0 Å². The number of nitrogens with one attached hydrogen (secondary N) is 3. The van der Waals surface area contributed by atoms with E-state index in [9.17, 15) is 13.2 Å². The van der Waals surface area contributed by atoms with Gasteiger partial charge in [-0.3, -0.25) is 0 Å². The molecule has 1 aliphatic carbocycles. The summed E-state index contributed by atoms with van der Waals surface area (Å²) in [5.41, 5.74) is 0.514. The second-order valence-electron chi connectivity index (χ2n) is 5.61. The molecule has 3 N–H and O–H groups in total. The molecule has 0 aromatic heterocycles. The van der Waals surface area contributed by atoms with E-state index in [0.717, 1.165) is 25.5 Å². The van der Waals surface area contributed by atoms with Gasteiger partial charge in [0.25, 0.3) is 0 Å². The highest BCUT2D eigenvalue weighted by molar-refractivity contribution is 7.88. The molecule has 2 unspecified atom stereocenters. The Morgan fingerprint density at radius 2 is 1.78 bits per heavy atom. The normalized spacial score (nSPS) is 21.7. The number of hydrogen-bond donors (Lipinski definition) is 3. The first kappa shape index (κ1) is 18.3. The van der Waals surface area contributed by atoms with Crippen LogP contribution in [0.3, 0.4) is 0 Å². The van der Waals surface area contributed by atoms with E-state index in [0.29, 0.717) is 22.2 Å². The fourth-order valence-electron chi connectivity index (χ4n) is 2.63. The van der Waals surface area contributed by atoms with Gasteiger partial charge in [0.2, 0.25) is 10.0 Å². The summed E-state index contributed by atoms with van der Waals surface area (Å²) in [6.07, 6.45) is 4.42. The minimum atomic E-state index is -3.32. The zero-order chi connectivity index (χ0) is 17.0. The van der Waals surface area contributed by atoms with E-state index in [1.54, 1.807) is 18.2 Å². The van der Waals surface area contributed by atoms with Gasteiger partial charge in [-0.15, -0.1) is 0 Å². The summed E-state index contributed by atoms with van der Waals surface area (Å²) >= 11 is 11.7. The average molecular weight is 380 g/mol. The maximum absolute atomic E-state index is 12.1. The quantitative estimate of drug-likeness (QED) is 0.751. The van der Waals surface area contributed by atoms with Crippen molar-refractivity contribution in [2.75, 3.05) is 11.6 Å². The Hall–Kier alpha value is -1.02. The van der Waals surface area contributed by atoms with Crippen molar-refractivity contribution in [3.63, 3.8) is 0 Å². The molecule has 0 heterocycles. The first-order chi connectivity index (χ1) is 10.7. The predicted octanol–water partition coefficient (Wildman–Crippen LogP) is 2.98. The highest BCUT2D eigenvalue weighted by Crippen LogP contribution is 2.25. The Kier molecular flexibility index (Phi) is 6.13. The zero-order valence-electron chi connectivity index (χ0n) is 12.6. The van der Waals surface area contributed by atoms with Gasteiger partial charge in [-0.2, -0.15) is 0 Å². The summed E-state index contributed by atoms with van der Waals surface area (Å²) in [5, 5.41) is 6.24. The number of hydrogen-bond acceptors (Lipinski definition) is 3. The predicted molar refractivity (Wildman–Crippen MR) is 92.6 cm³/mol. The maximum Gasteiger partial charge on any atom is 0.319 e. The van der Waals surface area contributed by atoms with Gasteiger partial charge >= 0.3 is 6.03 Å². The van der Waals surface area contributed by atoms with Crippen LogP contribution in [0.2, 0.25) is 10.0 Å². The number of carbonyl (C=O) groups is 1. The number of benzene rings is 1. The molecule has 0 aliphatic heterocycles. The third-order valence-electron chi connectivity index (χ3n) is 3.63. The molecule has 1 fully saturated rings. The number of rotatable bonds is 4. The average Bonchev–Trinajstić information content (AvgIpc) is 2.43. The summed E-state index contributed by atoms with van der Waals surface area (Å²) in [6.45, 7) is 0. The number of anilines is 1. The summed E-state index contributed by atoms with van der Waals surface area (Å²) in [5.74, 6) is 0. The lowest BCUT2D eigenvalue weighted by Gasteiger charge is -2.32. The molecule has 1 aliphatic rings. The molecule has 6 nitrogen and oxygen atoms in total. The van der Waals surface area contributed by atoms with Crippen molar-refractivity contribution in [1.29, 1.82) is 0 Å². The van der Waals surface area contributed by atoms with Crippen molar-refractivity contribution >= 4 is 44.9 Å². The molecule has 1 aromatic carbocycles. The van der Waals surface area contributed by atoms with Gasteiger partial charge in [0, 0.05) is 17.8 Å². The van der Waals surface area contributed by atoms with E-state index in [4.69, 9.17) is 23.2 Å². The molecule has 2 amide bonds. The van der Waals surface area contributed by atoms with Crippen LogP contribution in [-0.4, -0.2) is 32.8 Å². The fourth-order valence-corrected chi connectivity index (χ4v) is 3.76. The van der Waals surface area contributed by atoms with Crippen molar-refractivity contribution in [2.24, 2.45) is 0 Å². The summed E-state index contributed by atoms with van der Waals surface area (Å²) < 4.78 is 25.4. The molecular weight excluding hydrogens is 361 g/mol. The van der Waals surface area contributed by atoms with Crippen molar-refractivity contribution in [1.82, 2.24) is 10.0 Å². The number of halogens is 2. The number of urea groups is 1. The Labute approximate surface area is 146 Å². The van der Waals surface area contributed by atoms with E-state index in [2.05, 4.69) is 15.4 Å². The topological polar surface area (TPSA) is 87.3 Å². The number of amides is 2. The summed E-state index contributed by atoms with van der Waals surface area (Å²) in [4.78, 5) is 12.1.